The molecule has 0 saturated carbocycles. The number of aliphatic imine (C=N–C) groups is 1. The standard InChI is InChI=1S/C13H27N3O2/c1-4-11(2)16-13(14-3)15-7-9-17-10-12-6-5-8-18-12/h11-12H,4-10H2,1-3H3,(H2,14,15,16). The molecule has 0 spiro atoms. The van der Waals surface area contributed by atoms with E-state index in [1.807, 2.05) is 0 Å². The van der Waals surface area contributed by atoms with Gasteiger partial charge in [0.25, 0.3) is 0 Å². The Morgan fingerprint density at radius 2 is 2.39 bits per heavy atom. The third-order valence-electron chi connectivity index (χ3n) is 3.09. The fourth-order valence-electron chi connectivity index (χ4n) is 1.76. The van der Waals surface area contributed by atoms with Crippen LogP contribution in [0, 0.1) is 0 Å². The molecule has 0 aromatic carbocycles. The maximum atomic E-state index is 5.57. The van der Waals surface area contributed by atoms with E-state index in [4.69, 9.17) is 9.47 Å². The van der Waals surface area contributed by atoms with Crippen LogP contribution in [0.25, 0.3) is 0 Å². The second-order valence-electron chi connectivity index (χ2n) is 4.66. The lowest BCUT2D eigenvalue weighted by Crippen LogP contribution is -2.43. The third kappa shape index (κ3) is 6.21. The van der Waals surface area contributed by atoms with Gasteiger partial charge in [0.2, 0.25) is 0 Å². The number of nitrogens with one attached hydrogen (secondary N) is 2. The van der Waals surface area contributed by atoms with Crippen LogP contribution < -0.4 is 10.6 Å². The highest BCUT2D eigenvalue weighted by Crippen LogP contribution is 2.11. The zero-order chi connectivity index (χ0) is 13.2. The number of rotatable bonds is 7. The van der Waals surface area contributed by atoms with Crippen molar-refractivity contribution in [3.05, 3.63) is 0 Å². The lowest BCUT2D eigenvalue weighted by atomic mass is 10.2. The lowest BCUT2D eigenvalue weighted by Gasteiger charge is -2.16. The van der Waals surface area contributed by atoms with E-state index >= 15 is 0 Å². The predicted octanol–water partition coefficient (Wildman–Crippen LogP) is 1.15. The van der Waals surface area contributed by atoms with Gasteiger partial charge in [-0.25, -0.2) is 0 Å². The molecule has 106 valence electrons. The van der Waals surface area contributed by atoms with Crippen molar-refractivity contribution in [1.82, 2.24) is 10.6 Å². The molecule has 0 aromatic heterocycles. The highest BCUT2D eigenvalue weighted by molar-refractivity contribution is 5.79. The van der Waals surface area contributed by atoms with Crippen LogP contribution in [0.3, 0.4) is 0 Å². The van der Waals surface area contributed by atoms with Crippen LogP contribution in [0.4, 0.5) is 0 Å². The van der Waals surface area contributed by atoms with E-state index < -0.39 is 0 Å². The first-order valence-electron chi connectivity index (χ1n) is 6.92. The maximum Gasteiger partial charge on any atom is 0.191 e. The fourth-order valence-corrected chi connectivity index (χ4v) is 1.76. The average molecular weight is 257 g/mol. The van der Waals surface area contributed by atoms with E-state index in [0.717, 1.165) is 38.4 Å². The molecule has 2 unspecified atom stereocenters. The summed E-state index contributed by atoms with van der Waals surface area (Å²) < 4.78 is 11.1. The minimum Gasteiger partial charge on any atom is -0.377 e. The van der Waals surface area contributed by atoms with Crippen LogP contribution in [-0.2, 0) is 9.47 Å². The number of ether oxygens (including phenoxy) is 2. The van der Waals surface area contributed by atoms with Gasteiger partial charge in [0.1, 0.15) is 0 Å². The smallest absolute Gasteiger partial charge is 0.191 e. The van der Waals surface area contributed by atoms with Gasteiger partial charge < -0.3 is 20.1 Å². The van der Waals surface area contributed by atoms with E-state index in [0.29, 0.717) is 25.4 Å². The van der Waals surface area contributed by atoms with Gasteiger partial charge in [0.15, 0.2) is 5.96 Å². The monoisotopic (exact) mass is 257 g/mol. The first kappa shape index (κ1) is 15.2. The molecule has 5 nitrogen and oxygen atoms in total. The van der Waals surface area contributed by atoms with E-state index in [1.165, 1.54) is 0 Å². The molecule has 1 aliphatic heterocycles. The highest BCUT2D eigenvalue weighted by atomic mass is 16.5. The zero-order valence-electron chi connectivity index (χ0n) is 11.9. The summed E-state index contributed by atoms with van der Waals surface area (Å²) >= 11 is 0. The van der Waals surface area contributed by atoms with Crippen molar-refractivity contribution in [2.45, 2.75) is 45.3 Å². The molecule has 2 N–H and O–H groups in total. The van der Waals surface area contributed by atoms with Crippen molar-refractivity contribution in [3.63, 3.8) is 0 Å². The van der Waals surface area contributed by atoms with Crippen LogP contribution in [0.15, 0.2) is 4.99 Å². The summed E-state index contributed by atoms with van der Waals surface area (Å²) in [5.74, 6) is 0.838. The zero-order valence-corrected chi connectivity index (χ0v) is 11.9. The van der Waals surface area contributed by atoms with Gasteiger partial charge >= 0.3 is 0 Å². The van der Waals surface area contributed by atoms with Crippen molar-refractivity contribution in [2.24, 2.45) is 4.99 Å². The molecule has 0 bridgehead atoms. The topological polar surface area (TPSA) is 54.9 Å². The van der Waals surface area contributed by atoms with Crippen LogP contribution >= 0.6 is 0 Å². The molecule has 0 aromatic rings. The predicted molar refractivity (Wildman–Crippen MR) is 74.0 cm³/mol. The van der Waals surface area contributed by atoms with Gasteiger partial charge in [0.05, 0.1) is 19.3 Å². The van der Waals surface area contributed by atoms with Crippen LogP contribution in [0.2, 0.25) is 0 Å². The molecule has 1 rings (SSSR count). The summed E-state index contributed by atoms with van der Waals surface area (Å²) in [6, 6.07) is 0.434. The molecule has 0 aliphatic carbocycles. The Morgan fingerprint density at radius 3 is 3.00 bits per heavy atom. The number of nitrogens with zero attached hydrogens (tertiary/aromatic N) is 1. The summed E-state index contributed by atoms with van der Waals surface area (Å²) in [6.07, 6.45) is 3.68. The van der Waals surface area contributed by atoms with Gasteiger partial charge in [-0.2, -0.15) is 0 Å². The van der Waals surface area contributed by atoms with E-state index in [1.54, 1.807) is 7.05 Å². The van der Waals surface area contributed by atoms with Crippen molar-refractivity contribution < 1.29 is 9.47 Å². The molecule has 1 heterocycles. The molecule has 1 fully saturated rings. The largest absolute Gasteiger partial charge is 0.377 e. The van der Waals surface area contributed by atoms with Crippen LogP contribution in [0.1, 0.15) is 33.1 Å². The van der Waals surface area contributed by atoms with Crippen molar-refractivity contribution in [3.8, 4) is 0 Å². The Hall–Kier alpha value is -0.810. The molecular weight excluding hydrogens is 230 g/mol. The van der Waals surface area contributed by atoms with Gasteiger partial charge in [-0.15, -0.1) is 0 Å². The Morgan fingerprint density at radius 1 is 1.56 bits per heavy atom. The molecular formula is C13H27N3O2. The summed E-state index contributed by atoms with van der Waals surface area (Å²) in [5.41, 5.74) is 0. The van der Waals surface area contributed by atoms with Gasteiger partial charge in [0, 0.05) is 26.2 Å². The van der Waals surface area contributed by atoms with Crippen molar-refractivity contribution in [1.29, 1.82) is 0 Å². The number of guanidine groups is 1. The molecule has 2 atom stereocenters. The Bertz CT molecular complexity index is 240. The first-order valence-corrected chi connectivity index (χ1v) is 6.92. The molecule has 0 radical (unpaired) electrons. The minimum atomic E-state index is 0.308. The summed E-state index contributed by atoms with van der Waals surface area (Å²) in [5, 5.41) is 6.54. The average Bonchev–Trinajstić information content (AvgIpc) is 2.89. The normalized spacial score (nSPS) is 21.9. The van der Waals surface area contributed by atoms with Crippen molar-refractivity contribution >= 4 is 5.96 Å². The molecule has 1 saturated heterocycles. The SMILES string of the molecule is CCC(C)NC(=NC)NCCOCC1CCCO1. The lowest BCUT2D eigenvalue weighted by molar-refractivity contribution is 0.0191. The quantitative estimate of drug-likeness (QED) is 0.408. The first-order chi connectivity index (χ1) is 8.76. The Balaban J connectivity index is 2.01. The Kier molecular flexibility index (Phi) is 7.76. The van der Waals surface area contributed by atoms with Gasteiger partial charge in [-0.05, 0) is 26.2 Å². The molecule has 18 heavy (non-hydrogen) atoms. The van der Waals surface area contributed by atoms with E-state index in [9.17, 15) is 0 Å². The number of hydrogen-bond donors (Lipinski definition) is 2. The van der Waals surface area contributed by atoms with E-state index in [2.05, 4.69) is 29.5 Å². The molecule has 5 heteroatoms. The van der Waals surface area contributed by atoms with Gasteiger partial charge in [-0.1, -0.05) is 6.92 Å². The van der Waals surface area contributed by atoms with Crippen molar-refractivity contribution in [2.75, 3.05) is 33.4 Å². The molecule has 1 aliphatic rings. The summed E-state index contributed by atoms with van der Waals surface area (Å²) in [4.78, 5) is 4.17. The second kappa shape index (κ2) is 9.16. The maximum absolute atomic E-state index is 5.57. The van der Waals surface area contributed by atoms with E-state index in [-0.39, 0.29) is 0 Å². The third-order valence-corrected chi connectivity index (χ3v) is 3.09. The number of hydrogen-bond acceptors (Lipinski definition) is 3. The van der Waals surface area contributed by atoms with Crippen LogP contribution in [-0.4, -0.2) is 51.5 Å². The Labute approximate surface area is 110 Å². The van der Waals surface area contributed by atoms with Crippen LogP contribution in [0.5, 0.6) is 0 Å². The van der Waals surface area contributed by atoms with Gasteiger partial charge in [-0.3, -0.25) is 4.99 Å². The minimum absolute atomic E-state index is 0.308. The summed E-state index contributed by atoms with van der Waals surface area (Å²) in [6.45, 7) is 7.33. The fraction of sp³-hybridized carbons (Fsp3) is 0.923. The summed E-state index contributed by atoms with van der Waals surface area (Å²) in [7, 11) is 1.78. The second-order valence-corrected chi connectivity index (χ2v) is 4.66. The molecule has 0 amide bonds. The highest BCUT2D eigenvalue weighted by Gasteiger charge is 2.14.